The molecule has 3 nitrogen and oxygen atoms in total. The Hall–Kier alpha value is -0.570. The van der Waals surface area contributed by atoms with Gasteiger partial charge in [0.25, 0.3) is 0 Å². The first-order chi connectivity index (χ1) is 8.00. The van der Waals surface area contributed by atoms with E-state index >= 15 is 0 Å². The maximum atomic E-state index is 12.2. The van der Waals surface area contributed by atoms with Crippen LogP contribution in [0.5, 0.6) is 0 Å². The average molecular weight is 240 g/mol. The highest BCUT2D eigenvalue weighted by molar-refractivity contribution is 5.78. The third-order valence-corrected chi connectivity index (χ3v) is 3.77. The fourth-order valence-corrected chi connectivity index (χ4v) is 2.52. The molecule has 0 aromatic carbocycles. The van der Waals surface area contributed by atoms with Crippen LogP contribution in [0.2, 0.25) is 0 Å². The van der Waals surface area contributed by atoms with Crippen molar-refractivity contribution in [2.24, 2.45) is 17.6 Å². The molecule has 17 heavy (non-hydrogen) atoms. The largest absolute Gasteiger partial charge is 0.346 e. The maximum absolute atomic E-state index is 12.2. The molecule has 0 radical (unpaired) electrons. The van der Waals surface area contributed by atoms with E-state index in [1.54, 1.807) is 0 Å². The van der Waals surface area contributed by atoms with Crippen LogP contribution >= 0.6 is 0 Å². The lowest BCUT2D eigenvalue weighted by Crippen LogP contribution is -2.37. The first kappa shape index (κ1) is 14.5. The van der Waals surface area contributed by atoms with Crippen LogP contribution in [0, 0.1) is 11.8 Å². The van der Waals surface area contributed by atoms with Crippen molar-refractivity contribution in [2.45, 2.75) is 58.4 Å². The quantitative estimate of drug-likeness (QED) is 0.802. The van der Waals surface area contributed by atoms with Crippen LogP contribution in [-0.2, 0) is 4.79 Å². The van der Waals surface area contributed by atoms with Crippen LogP contribution in [0.4, 0.5) is 0 Å². The molecule has 100 valence electrons. The van der Waals surface area contributed by atoms with E-state index in [0.29, 0.717) is 11.9 Å². The van der Waals surface area contributed by atoms with Crippen LogP contribution in [0.25, 0.3) is 0 Å². The van der Waals surface area contributed by atoms with Gasteiger partial charge in [0, 0.05) is 25.6 Å². The van der Waals surface area contributed by atoms with E-state index in [0.717, 1.165) is 44.6 Å². The van der Waals surface area contributed by atoms with Crippen molar-refractivity contribution in [3.05, 3.63) is 0 Å². The van der Waals surface area contributed by atoms with Crippen molar-refractivity contribution < 1.29 is 4.79 Å². The van der Waals surface area contributed by atoms with Crippen LogP contribution in [-0.4, -0.2) is 30.4 Å². The second kappa shape index (κ2) is 7.00. The SMILES string of the molecule is CC(C)CCCN(C)C(=O)C1CCC(N)CC1. The minimum absolute atomic E-state index is 0.235. The molecule has 1 aliphatic rings. The second-order valence-corrected chi connectivity index (χ2v) is 5.91. The van der Waals surface area contributed by atoms with Crippen molar-refractivity contribution >= 4 is 5.91 Å². The summed E-state index contributed by atoms with van der Waals surface area (Å²) in [6.45, 7) is 5.36. The van der Waals surface area contributed by atoms with Gasteiger partial charge in [0.1, 0.15) is 0 Å². The molecule has 0 saturated heterocycles. The first-order valence-electron chi connectivity index (χ1n) is 7.01. The van der Waals surface area contributed by atoms with Gasteiger partial charge in [-0.2, -0.15) is 0 Å². The summed E-state index contributed by atoms with van der Waals surface area (Å²) < 4.78 is 0. The average Bonchev–Trinajstić information content (AvgIpc) is 2.28. The number of carbonyl (C=O) groups is 1. The number of nitrogens with zero attached hydrogens (tertiary/aromatic N) is 1. The molecule has 1 rings (SSSR count). The molecule has 0 aromatic heterocycles. The molecule has 0 unspecified atom stereocenters. The number of hydrogen-bond acceptors (Lipinski definition) is 2. The van der Waals surface area contributed by atoms with E-state index in [4.69, 9.17) is 5.73 Å². The summed E-state index contributed by atoms with van der Waals surface area (Å²) in [5.74, 6) is 1.30. The maximum Gasteiger partial charge on any atom is 0.225 e. The Morgan fingerprint density at radius 1 is 1.29 bits per heavy atom. The number of amides is 1. The number of carbonyl (C=O) groups excluding carboxylic acids is 1. The molecule has 0 aromatic rings. The zero-order valence-corrected chi connectivity index (χ0v) is 11.6. The van der Waals surface area contributed by atoms with Crippen molar-refractivity contribution in [3.8, 4) is 0 Å². The third kappa shape index (κ3) is 5.07. The van der Waals surface area contributed by atoms with E-state index < -0.39 is 0 Å². The summed E-state index contributed by atoms with van der Waals surface area (Å²) in [5, 5.41) is 0. The van der Waals surface area contributed by atoms with Gasteiger partial charge in [-0.15, -0.1) is 0 Å². The highest BCUT2D eigenvalue weighted by Gasteiger charge is 2.26. The third-order valence-electron chi connectivity index (χ3n) is 3.77. The molecule has 0 aliphatic heterocycles. The lowest BCUT2D eigenvalue weighted by molar-refractivity contribution is -0.135. The van der Waals surface area contributed by atoms with Crippen LogP contribution in [0.15, 0.2) is 0 Å². The zero-order chi connectivity index (χ0) is 12.8. The molecule has 1 saturated carbocycles. The smallest absolute Gasteiger partial charge is 0.225 e. The highest BCUT2D eigenvalue weighted by atomic mass is 16.2. The Morgan fingerprint density at radius 3 is 2.41 bits per heavy atom. The first-order valence-corrected chi connectivity index (χ1v) is 7.01. The summed E-state index contributed by atoms with van der Waals surface area (Å²) in [4.78, 5) is 14.1. The summed E-state index contributed by atoms with van der Waals surface area (Å²) in [5.41, 5.74) is 5.86. The molecular weight excluding hydrogens is 212 g/mol. The standard InChI is InChI=1S/C14H28N2O/c1-11(2)5-4-10-16(3)14(17)12-6-8-13(15)9-7-12/h11-13H,4-10,15H2,1-3H3. The molecule has 0 spiro atoms. The molecular formula is C14H28N2O. The summed E-state index contributed by atoms with van der Waals surface area (Å²) in [6.07, 6.45) is 6.30. The van der Waals surface area contributed by atoms with Crippen LogP contribution in [0.1, 0.15) is 52.4 Å². The van der Waals surface area contributed by atoms with Gasteiger partial charge in [-0.3, -0.25) is 4.79 Å². The molecule has 1 amide bonds. The second-order valence-electron chi connectivity index (χ2n) is 5.91. The van der Waals surface area contributed by atoms with Gasteiger partial charge in [0.2, 0.25) is 5.91 Å². The molecule has 0 bridgehead atoms. The van der Waals surface area contributed by atoms with E-state index in [1.165, 1.54) is 6.42 Å². The van der Waals surface area contributed by atoms with Gasteiger partial charge >= 0.3 is 0 Å². The molecule has 3 heteroatoms. The molecule has 1 aliphatic carbocycles. The summed E-state index contributed by atoms with van der Waals surface area (Å²) >= 11 is 0. The van der Waals surface area contributed by atoms with Gasteiger partial charge in [-0.25, -0.2) is 0 Å². The predicted molar refractivity (Wildman–Crippen MR) is 71.6 cm³/mol. The van der Waals surface area contributed by atoms with Crippen molar-refractivity contribution in [2.75, 3.05) is 13.6 Å². The van der Waals surface area contributed by atoms with E-state index in [2.05, 4.69) is 13.8 Å². The van der Waals surface area contributed by atoms with Crippen molar-refractivity contribution in [1.29, 1.82) is 0 Å². The van der Waals surface area contributed by atoms with E-state index in [9.17, 15) is 4.79 Å². The highest BCUT2D eigenvalue weighted by Crippen LogP contribution is 2.24. The molecule has 2 N–H and O–H groups in total. The molecule has 0 heterocycles. The lowest BCUT2D eigenvalue weighted by atomic mass is 9.85. The normalized spacial score (nSPS) is 25.0. The van der Waals surface area contributed by atoms with E-state index in [-0.39, 0.29) is 5.92 Å². The number of rotatable bonds is 5. The number of hydrogen-bond donors (Lipinski definition) is 1. The minimum Gasteiger partial charge on any atom is -0.346 e. The van der Waals surface area contributed by atoms with Crippen molar-refractivity contribution in [3.63, 3.8) is 0 Å². The topological polar surface area (TPSA) is 46.3 Å². The van der Waals surface area contributed by atoms with Crippen LogP contribution < -0.4 is 5.73 Å². The lowest BCUT2D eigenvalue weighted by Gasteiger charge is -2.29. The Kier molecular flexibility index (Phi) is 5.96. The van der Waals surface area contributed by atoms with Gasteiger partial charge in [-0.05, 0) is 44.4 Å². The number of nitrogens with two attached hydrogens (primary N) is 1. The van der Waals surface area contributed by atoms with Crippen molar-refractivity contribution in [1.82, 2.24) is 4.90 Å². The van der Waals surface area contributed by atoms with Gasteiger partial charge in [-0.1, -0.05) is 13.8 Å². The monoisotopic (exact) mass is 240 g/mol. The van der Waals surface area contributed by atoms with Crippen LogP contribution in [0.3, 0.4) is 0 Å². The fourth-order valence-electron chi connectivity index (χ4n) is 2.52. The summed E-state index contributed by atoms with van der Waals surface area (Å²) in [7, 11) is 1.94. The fraction of sp³-hybridized carbons (Fsp3) is 0.929. The summed E-state index contributed by atoms with van der Waals surface area (Å²) in [6, 6.07) is 0.324. The Labute approximate surface area is 106 Å². The Balaban J connectivity index is 2.26. The molecule has 0 atom stereocenters. The van der Waals surface area contributed by atoms with Gasteiger partial charge in [0.15, 0.2) is 0 Å². The van der Waals surface area contributed by atoms with Gasteiger partial charge in [0.05, 0.1) is 0 Å². The Bertz CT molecular complexity index is 232. The minimum atomic E-state index is 0.235. The van der Waals surface area contributed by atoms with Gasteiger partial charge < -0.3 is 10.6 Å². The zero-order valence-electron chi connectivity index (χ0n) is 11.6. The Morgan fingerprint density at radius 2 is 1.88 bits per heavy atom. The molecule has 1 fully saturated rings. The van der Waals surface area contributed by atoms with E-state index in [1.807, 2.05) is 11.9 Å². The predicted octanol–water partition coefficient (Wildman–Crippen LogP) is 2.40.